The van der Waals surface area contributed by atoms with E-state index < -0.39 is 11.9 Å². The first-order chi connectivity index (χ1) is 11.3. The fourth-order valence-corrected chi connectivity index (χ4v) is 2.74. The SMILES string of the molecule is Cc1cc(F)c(NC(=O)O)cc1-c1cc2cnc(Cl)cc2nc1C. The van der Waals surface area contributed by atoms with Crippen LogP contribution in [0.1, 0.15) is 11.3 Å². The summed E-state index contributed by atoms with van der Waals surface area (Å²) in [4.78, 5) is 19.4. The Morgan fingerprint density at radius 2 is 1.96 bits per heavy atom. The molecular formula is C17H13ClFN3O2. The van der Waals surface area contributed by atoms with E-state index in [0.717, 1.165) is 16.6 Å². The molecule has 3 aromatic rings. The highest BCUT2D eigenvalue weighted by atomic mass is 35.5. The summed E-state index contributed by atoms with van der Waals surface area (Å²) in [5, 5.41) is 12.0. The van der Waals surface area contributed by atoms with E-state index in [2.05, 4.69) is 15.3 Å². The molecule has 122 valence electrons. The molecule has 3 rings (SSSR count). The van der Waals surface area contributed by atoms with Crippen molar-refractivity contribution in [3.8, 4) is 11.1 Å². The maximum absolute atomic E-state index is 13.9. The number of nitrogens with zero attached hydrogens (tertiary/aromatic N) is 2. The maximum atomic E-state index is 13.9. The zero-order valence-electron chi connectivity index (χ0n) is 12.9. The highest BCUT2D eigenvalue weighted by Gasteiger charge is 2.14. The van der Waals surface area contributed by atoms with Gasteiger partial charge in [-0.25, -0.2) is 14.2 Å². The summed E-state index contributed by atoms with van der Waals surface area (Å²) >= 11 is 5.88. The Bertz CT molecular complexity index is 976. The molecule has 2 heterocycles. The number of carboxylic acid groups (broad SMARTS) is 1. The zero-order valence-corrected chi connectivity index (χ0v) is 13.6. The number of nitrogens with one attached hydrogen (secondary N) is 1. The minimum absolute atomic E-state index is 0.100. The van der Waals surface area contributed by atoms with Gasteiger partial charge in [-0.15, -0.1) is 0 Å². The fraction of sp³-hybridized carbons (Fsp3) is 0.118. The zero-order chi connectivity index (χ0) is 17.4. The van der Waals surface area contributed by atoms with Crippen molar-refractivity contribution in [3.63, 3.8) is 0 Å². The third-order valence-corrected chi connectivity index (χ3v) is 3.91. The lowest BCUT2D eigenvalue weighted by molar-refractivity contribution is 0.209. The van der Waals surface area contributed by atoms with E-state index >= 15 is 0 Å². The van der Waals surface area contributed by atoms with Crippen molar-refractivity contribution in [2.75, 3.05) is 5.32 Å². The number of pyridine rings is 2. The summed E-state index contributed by atoms with van der Waals surface area (Å²) in [5.74, 6) is -0.626. The van der Waals surface area contributed by atoms with Gasteiger partial charge in [-0.3, -0.25) is 10.3 Å². The van der Waals surface area contributed by atoms with Gasteiger partial charge in [-0.05, 0) is 43.2 Å². The number of halogens is 2. The molecule has 0 unspecified atom stereocenters. The van der Waals surface area contributed by atoms with E-state index in [0.29, 0.717) is 21.8 Å². The normalized spacial score (nSPS) is 10.8. The number of carbonyl (C=O) groups is 1. The molecule has 0 saturated heterocycles. The van der Waals surface area contributed by atoms with Crippen LogP contribution in [0.15, 0.2) is 30.5 Å². The van der Waals surface area contributed by atoms with E-state index in [4.69, 9.17) is 16.7 Å². The average molecular weight is 346 g/mol. The fourth-order valence-electron chi connectivity index (χ4n) is 2.59. The van der Waals surface area contributed by atoms with Crippen molar-refractivity contribution in [2.45, 2.75) is 13.8 Å². The molecule has 7 heteroatoms. The predicted molar refractivity (Wildman–Crippen MR) is 91.1 cm³/mol. The monoisotopic (exact) mass is 345 g/mol. The lowest BCUT2D eigenvalue weighted by Gasteiger charge is -2.13. The van der Waals surface area contributed by atoms with Gasteiger partial charge in [0.2, 0.25) is 0 Å². The number of rotatable bonds is 2. The first-order valence-electron chi connectivity index (χ1n) is 7.08. The maximum Gasteiger partial charge on any atom is 0.409 e. The minimum atomic E-state index is -1.32. The van der Waals surface area contributed by atoms with Crippen LogP contribution in [-0.4, -0.2) is 21.2 Å². The van der Waals surface area contributed by atoms with Crippen LogP contribution in [0.3, 0.4) is 0 Å². The number of amides is 1. The van der Waals surface area contributed by atoms with Crippen molar-refractivity contribution in [2.24, 2.45) is 0 Å². The molecule has 0 aliphatic heterocycles. The summed E-state index contributed by atoms with van der Waals surface area (Å²) < 4.78 is 13.9. The summed E-state index contributed by atoms with van der Waals surface area (Å²) in [7, 11) is 0. The number of anilines is 1. The van der Waals surface area contributed by atoms with Crippen molar-refractivity contribution in [1.82, 2.24) is 9.97 Å². The Morgan fingerprint density at radius 3 is 2.67 bits per heavy atom. The Hall–Kier alpha value is -2.73. The number of benzene rings is 1. The largest absolute Gasteiger partial charge is 0.465 e. The second-order valence-corrected chi connectivity index (χ2v) is 5.79. The van der Waals surface area contributed by atoms with Crippen LogP contribution < -0.4 is 5.32 Å². The molecular weight excluding hydrogens is 333 g/mol. The van der Waals surface area contributed by atoms with Gasteiger partial charge in [0.1, 0.15) is 11.0 Å². The lowest BCUT2D eigenvalue weighted by atomic mass is 9.97. The van der Waals surface area contributed by atoms with Gasteiger partial charge in [0.05, 0.1) is 11.2 Å². The third kappa shape index (κ3) is 3.00. The summed E-state index contributed by atoms with van der Waals surface area (Å²) in [6.07, 6.45) is 0.291. The minimum Gasteiger partial charge on any atom is -0.465 e. The highest BCUT2D eigenvalue weighted by molar-refractivity contribution is 6.30. The van der Waals surface area contributed by atoms with Crippen LogP contribution in [0.4, 0.5) is 14.9 Å². The standard InChI is InChI=1S/C17H13ClFN3O2/c1-8-3-13(19)15(22-17(23)24)5-11(8)12-4-10-7-20-16(18)6-14(10)21-9(12)2/h3-7,22H,1-2H3,(H,23,24). The topological polar surface area (TPSA) is 75.1 Å². The van der Waals surface area contributed by atoms with Gasteiger partial charge < -0.3 is 5.11 Å². The molecule has 0 fully saturated rings. The quantitative estimate of drug-likeness (QED) is 0.654. The Kier molecular flexibility index (Phi) is 4.07. The Morgan fingerprint density at radius 1 is 1.21 bits per heavy atom. The van der Waals surface area contributed by atoms with E-state index in [1.54, 1.807) is 19.2 Å². The number of aryl methyl sites for hydroxylation is 2. The van der Waals surface area contributed by atoms with Crippen molar-refractivity contribution in [3.05, 3.63) is 52.7 Å². The lowest BCUT2D eigenvalue weighted by Crippen LogP contribution is -2.09. The van der Waals surface area contributed by atoms with E-state index in [9.17, 15) is 9.18 Å². The van der Waals surface area contributed by atoms with Crippen LogP contribution in [0.2, 0.25) is 5.15 Å². The second-order valence-electron chi connectivity index (χ2n) is 5.40. The van der Waals surface area contributed by atoms with Gasteiger partial charge in [0.25, 0.3) is 0 Å². The van der Waals surface area contributed by atoms with E-state index in [-0.39, 0.29) is 5.69 Å². The van der Waals surface area contributed by atoms with Gasteiger partial charge in [-0.2, -0.15) is 0 Å². The smallest absolute Gasteiger partial charge is 0.409 e. The van der Waals surface area contributed by atoms with Crippen molar-refractivity contribution < 1.29 is 14.3 Å². The van der Waals surface area contributed by atoms with Gasteiger partial charge in [-0.1, -0.05) is 11.6 Å². The molecule has 5 nitrogen and oxygen atoms in total. The van der Waals surface area contributed by atoms with Gasteiger partial charge >= 0.3 is 6.09 Å². The average Bonchev–Trinajstić information content (AvgIpc) is 2.49. The molecule has 0 saturated carbocycles. The molecule has 0 aliphatic rings. The van der Waals surface area contributed by atoms with E-state index in [1.165, 1.54) is 12.1 Å². The predicted octanol–water partition coefficient (Wildman–Crippen LogP) is 4.80. The Labute approximate surface area is 142 Å². The van der Waals surface area contributed by atoms with Gasteiger partial charge in [0, 0.05) is 28.9 Å². The molecule has 0 atom stereocenters. The molecule has 1 aromatic carbocycles. The Balaban J connectivity index is 2.21. The molecule has 1 amide bonds. The number of aromatic nitrogens is 2. The van der Waals surface area contributed by atoms with Crippen LogP contribution in [0, 0.1) is 19.7 Å². The summed E-state index contributed by atoms with van der Waals surface area (Å²) in [6, 6.07) is 6.32. The summed E-state index contributed by atoms with van der Waals surface area (Å²) in [6.45, 7) is 3.59. The molecule has 2 aromatic heterocycles. The number of hydrogen-bond donors (Lipinski definition) is 2. The first kappa shape index (κ1) is 16.1. The van der Waals surface area contributed by atoms with Crippen molar-refractivity contribution in [1.29, 1.82) is 0 Å². The van der Waals surface area contributed by atoms with Crippen LogP contribution >= 0.6 is 11.6 Å². The van der Waals surface area contributed by atoms with Crippen LogP contribution in [0.25, 0.3) is 22.0 Å². The molecule has 0 aliphatic carbocycles. The second kappa shape index (κ2) is 6.05. The molecule has 0 radical (unpaired) electrons. The highest BCUT2D eigenvalue weighted by Crippen LogP contribution is 2.32. The first-order valence-corrected chi connectivity index (χ1v) is 7.46. The molecule has 24 heavy (non-hydrogen) atoms. The molecule has 0 spiro atoms. The molecule has 2 N–H and O–H groups in total. The molecule has 0 bridgehead atoms. The van der Waals surface area contributed by atoms with Crippen LogP contribution in [-0.2, 0) is 0 Å². The van der Waals surface area contributed by atoms with E-state index in [1.807, 2.05) is 13.0 Å². The van der Waals surface area contributed by atoms with Crippen molar-refractivity contribution >= 4 is 34.3 Å². The number of fused-ring (bicyclic) bond motifs is 1. The third-order valence-electron chi connectivity index (χ3n) is 3.70. The number of hydrogen-bond acceptors (Lipinski definition) is 3. The summed E-state index contributed by atoms with van der Waals surface area (Å²) in [5.41, 5.74) is 3.48. The van der Waals surface area contributed by atoms with Gasteiger partial charge in [0.15, 0.2) is 0 Å². The van der Waals surface area contributed by atoms with Crippen LogP contribution in [0.5, 0.6) is 0 Å².